The van der Waals surface area contributed by atoms with Crippen LogP contribution in [-0.2, 0) is 4.74 Å². The van der Waals surface area contributed by atoms with Gasteiger partial charge in [-0.3, -0.25) is 4.90 Å². The van der Waals surface area contributed by atoms with Gasteiger partial charge in [-0.1, -0.05) is 6.92 Å². The smallest absolute Gasteiger partial charge is 0.0570 e. The Labute approximate surface area is 116 Å². The van der Waals surface area contributed by atoms with Gasteiger partial charge in [0.25, 0.3) is 0 Å². The van der Waals surface area contributed by atoms with Crippen LogP contribution in [0, 0.1) is 5.92 Å². The van der Waals surface area contributed by atoms with Crippen molar-refractivity contribution in [2.75, 3.05) is 26.3 Å². The summed E-state index contributed by atoms with van der Waals surface area (Å²) in [4.78, 5) is 2.68. The molecule has 0 aromatic heterocycles. The Morgan fingerprint density at radius 2 is 1.95 bits per heavy atom. The minimum absolute atomic E-state index is 0.0547. The molecule has 3 rings (SSSR count). The van der Waals surface area contributed by atoms with Gasteiger partial charge >= 0.3 is 0 Å². The maximum atomic E-state index is 9.89. The van der Waals surface area contributed by atoms with Crippen molar-refractivity contribution >= 4 is 0 Å². The van der Waals surface area contributed by atoms with E-state index in [1.165, 1.54) is 12.8 Å². The third-order valence-corrected chi connectivity index (χ3v) is 5.25. The number of ether oxygens (including phenoxy) is 1. The van der Waals surface area contributed by atoms with Gasteiger partial charge in [0.15, 0.2) is 0 Å². The molecular weight excluding hydrogens is 240 g/mol. The van der Waals surface area contributed by atoms with E-state index >= 15 is 0 Å². The van der Waals surface area contributed by atoms with Gasteiger partial charge in [-0.25, -0.2) is 0 Å². The Kier molecular flexibility index (Phi) is 4.42. The number of aliphatic hydroxyl groups excluding tert-OH is 1. The Bertz CT molecular complexity index is 284. The second-order valence-electron chi connectivity index (χ2n) is 6.49. The zero-order valence-corrected chi connectivity index (χ0v) is 12.1. The van der Waals surface area contributed by atoms with Crippen molar-refractivity contribution in [2.45, 2.75) is 63.3 Å². The summed E-state index contributed by atoms with van der Waals surface area (Å²) in [6, 6.07) is 1.86. The maximum absolute atomic E-state index is 9.89. The van der Waals surface area contributed by atoms with Crippen LogP contribution in [0.25, 0.3) is 0 Å². The molecule has 110 valence electrons. The third kappa shape index (κ3) is 2.97. The maximum Gasteiger partial charge on any atom is 0.0570 e. The SMILES string of the molecule is CCNC1CCOCC1CN1C2CCC1CC(O)C2. The molecule has 19 heavy (non-hydrogen) atoms. The van der Waals surface area contributed by atoms with Crippen LogP contribution >= 0.6 is 0 Å². The van der Waals surface area contributed by atoms with Gasteiger partial charge in [0.2, 0.25) is 0 Å². The van der Waals surface area contributed by atoms with Crippen molar-refractivity contribution in [3.8, 4) is 0 Å². The van der Waals surface area contributed by atoms with Gasteiger partial charge in [-0.05, 0) is 38.6 Å². The fraction of sp³-hybridized carbons (Fsp3) is 1.00. The Balaban J connectivity index is 1.60. The molecule has 3 aliphatic heterocycles. The third-order valence-electron chi connectivity index (χ3n) is 5.25. The van der Waals surface area contributed by atoms with Crippen LogP contribution in [0.1, 0.15) is 39.0 Å². The fourth-order valence-corrected chi connectivity index (χ4v) is 4.32. The lowest BCUT2D eigenvalue weighted by atomic mass is 9.92. The van der Waals surface area contributed by atoms with E-state index in [4.69, 9.17) is 4.74 Å². The molecule has 0 amide bonds. The van der Waals surface area contributed by atoms with Gasteiger partial charge in [-0.15, -0.1) is 0 Å². The molecular formula is C15H28N2O2. The standard InChI is InChI=1S/C15H28N2O2/c1-2-16-15-5-6-19-10-11(15)9-17-12-3-4-13(17)8-14(18)7-12/h11-16,18H,2-10H2,1H3. The summed E-state index contributed by atoms with van der Waals surface area (Å²) >= 11 is 0. The molecule has 3 saturated heterocycles. The van der Waals surface area contributed by atoms with E-state index in [-0.39, 0.29) is 6.10 Å². The number of rotatable bonds is 4. The molecule has 0 saturated carbocycles. The molecule has 3 heterocycles. The number of aliphatic hydroxyl groups is 1. The van der Waals surface area contributed by atoms with Gasteiger partial charge in [-0.2, -0.15) is 0 Å². The van der Waals surface area contributed by atoms with E-state index in [0.29, 0.717) is 24.0 Å². The monoisotopic (exact) mass is 268 g/mol. The number of hydrogen-bond acceptors (Lipinski definition) is 4. The molecule has 0 radical (unpaired) electrons. The zero-order valence-electron chi connectivity index (χ0n) is 12.1. The molecule has 4 nitrogen and oxygen atoms in total. The minimum Gasteiger partial charge on any atom is -0.393 e. The van der Waals surface area contributed by atoms with Crippen molar-refractivity contribution in [1.29, 1.82) is 0 Å². The highest BCUT2D eigenvalue weighted by atomic mass is 16.5. The van der Waals surface area contributed by atoms with Crippen molar-refractivity contribution in [3.05, 3.63) is 0 Å². The average molecular weight is 268 g/mol. The van der Waals surface area contributed by atoms with E-state index in [1.807, 2.05) is 0 Å². The van der Waals surface area contributed by atoms with E-state index < -0.39 is 0 Å². The van der Waals surface area contributed by atoms with E-state index in [9.17, 15) is 5.11 Å². The number of nitrogens with one attached hydrogen (secondary N) is 1. The first kappa shape index (κ1) is 13.8. The lowest BCUT2D eigenvalue weighted by Gasteiger charge is -2.42. The normalized spacial score (nSPS) is 43.6. The molecule has 0 spiro atoms. The van der Waals surface area contributed by atoms with Crippen LogP contribution < -0.4 is 5.32 Å². The molecule has 4 unspecified atom stereocenters. The summed E-state index contributed by atoms with van der Waals surface area (Å²) in [6.07, 6.45) is 5.61. The lowest BCUT2D eigenvalue weighted by molar-refractivity contribution is -0.0157. The molecule has 2 N–H and O–H groups in total. The van der Waals surface area contributed by atoms with E-state index in [0.717, 1.165) is 45.6 Å². The molecule has 4 atom stereocenters. The molecule has 0 aliphatic carbocycles. The zero-order chi connectivity index (χ0) is 13.2. The summed E-state index contributed by atoms with van der Waals surface area (Å²) in [7, 11) is 0. The summed E-state index contributed by atoms with van der Waals surface area (Å²) in [6.45, 7) is 6.19. The summed E-state index contributed by atoms with van der Waals surface area (Å²) in [5, 5.41) is 13.5. The summed E-state index contributed by atoms with van der Waals surface area (Å²) in [5.41, 5.74) is 0. The molecule has 0 aromatic carbocycles. The van der Waals surface area contributed by atoms with E-state index in [2.05, 4.69) is 17.1 Å². The number of piperidine rings is 1. The van der Waals surface area contributed by atoms with Crippen LogP contribution in [-0.4, -0.2) is 60.5 Å². The highest BCUT2D eigenvalue weighted by molar-refractivity contribution is 4.97. The highest BCUT2D eigenvalue weighted by Crippen LogP contribution is 2.36. The molecule has 3 aliphatic rings. The molecule has 0 aromatic rings. The average Bonchev–Trinajstić information content (AvgIpc) is 2.64. The predicted octanol–water partition coefficient (Wildman–Crippen LogP) is 0.989. The van der Waals surface area contributed by atoms with E-state index in [1.54, 1.807) is 0 Å². The first-order valence-electron chi connectivity index (χ1n) is 8.03. The van der Waals surface area contributed by atoms with Crippen LogP contribution in [0.5, 0.6) is 0 Å². The van der Waals surface area contributed by atoms with Crippen molar-refractivity contribution in [3.63, 3.8) is 0 Å². The first-order valence-corrected chi connectivity index (χ1v) is 8.03. The second kappa shape index (κ2) is 6.08. The highest BCUT2D eigenvalue weighted by Gasteiger charge is 2.41. The Morgan fingerprint density at radius 1 is 1.21 bits per heavy atom. The Hall–Kier alpha value is -0.160. The molecule has 2 bridgehead atoms. The van der Waals surface area contributed by atoms with Crippen LogP contribution in [0.15, 0.2) is 0 Å². The number of hydrogen-bond donors (Lipinski definition) is 2. The summed E-state index contributed by atoms with van der Waals surface area (Å²) < 4.78 is 5.70. The first-order chi connectivity index (χ1) is 9.28. The number of nitrogens with zero attached hydrogens (tertiary/aromatic N) is 1. The van der Waals surface area contributed by atoms with Crippen LogP contribution in [0.4, 0.5) is 0 Å². The van der Waals surface area contributed by atoms with Gasteiger partial charge in [0.1, 0.15) is 0 Å². The van der Waals surface area contributed by atoms with Crippen molar-refractivity contribution < 1.29 is 9.84 Å². The van der Waals surface area contributed by atoms with Gasteiger partial charge in [0, 0.05) is 37.2 Å². The Morgan fingerprint density at radius 3 is 2.63 bits per heavy atom. The van der Waals surface area contributed by atoms with Crippen LogP contribution in [0.3, 0.4) is 0 Å². The largest absolute Gasteiger partial charge is 0.393 e. The minimum atomic E-state index is -0.0547. The predicted molar refractivity (Wildman–Crippen MR) is 75.1 cm³/mol. The second-order valence-corrected chi connectivity index (χ2v) is 6.49. The molecule has 4 heteroatoms. The fourth-order valence-electron chi connectivity index (χ4n) is 4.32. The van der Waals surface area contributed by atoms with Crippen molar-refractivity contribution in [2.24, 2.45) is 5.92 Å². The van der Waals surface area contributed by atoms with Crippen LogP contribution in [0.2, 0.25) is 0 Å². The number of fused-ring (bicyclic) bond motifs is 2. The lowest BCUT2D eigenvalue weighted by Crippen LogP contribution is -2.52. The quantitative estimate of drug-likeness (QED) is 0.798. The topological polar surface area (TPSA) is 44.7 Å². The van der Waals surface area contributed by atoms with Gasteiger partial charge in [0.05, 0.1) is 12.7 Å². The van der Waals surface area contributed by atoms with Gasteiger partial charge < -0.3 is 15.2 Å². The summed E-state index contributed by atoms with van der Waals surface area (Å²) in [5.74, 6) is 0.618. The van der Waals surface area contributed by atoms with Crippen molar-refractivity contribution in [1.82, 2.24) is 10.2 Å². The molecule has 3 fully saturated rings.